The highest BCUT2D eigenvalue weighted by Crippen LogP contribution is 2.34. The molecule has 1 aliphatic rings. The number of morpholine rings is 1. The minimum absolute atomic E-state index is 0.0494. The molecule has 4 rings (SSSR count). The van der Waals surface area contributed by atoms with Crippen LogP contribution in [0.2, 0.25) is 0 Å². The molecular formula is C20H22N4OS. The van der Waals surface area contributed by atoms with E-state index in [1.165, 1.54) is 16.7 Å². The molecule has 1 aromatic carbocycles. The molecule has 0 amide bonds. The number of ether oxygens (including phenoxy) is 1. The maximum Gasteiger partial charge on any atom is 0.209 e. The van der Waals surface area contributed by atoms with Crippen LogP contribution >= 0.6 is 11.3 Å². The van der Waals surface area contributed by atoms with Crippen molar-refractivity contribution in [2.75, 3.05) is 18.1 Å². The van der Waals surface area contributed by atoms with Crippen LogP contribution in [-0.4, -0.2) is 34.4 Å². The summed E-state index contributed by atoms with van der Waals surface area (Å²) >= 11 is 1.59. The molecule has 1 aliphatic heterocycles. The molecule has 0 radical (unpaired) electrons. The monoisotopic (exact) mass is 366 g/mol. The van der Waals surface area contributed by atoms with Crippen molar-refractivity contribution in [2.24, 2.45) is 0 Å². The first-order chi connectivity index (χ1) is 12.6. The molecule has 26 heavy (non-hydrogen) atoms. The number of nitrogens with zero attached hydrogens (tertiary/aromatic N) is 4. The quantitative estimate of drug-likeness (QED) is 0.696. The second-order valence-corrected chi connectivity index (χ2v) is 7.74. The summed E-state index contributed by atoms with van der Waals surface area (Å²) in [6.07, 6.45) is 1.83. The Morgan fingerprint density at radius 2 is 2.04 bits per heavy atom. The average Bonchev–Trinajstić information content (AvgIpc) is 3.15. The summed E-state index contributed by atoms with van der Waals surface area (Å²) in [5, 5.41) is 10.6. The van der Waals surface area contributed by atoms with Gasteiger partial charge in [0, 0.05) is 6.20 Å². The average molecular weight is 366 g/mol. The molecule has 0 unspecified atom stereocenters. The van der Waals surface area contributed by atoms with Gasteiger partial charge in [-0.25, -0.2) is 0 Å². The van der Waals surface area contributed by atoms with E-state index < -0.39 is 0 Å². The molecule has 134 valence electrons. The van der Waals surface area contributed by atoms with E-state index in [4.69, 9.17) is 4.74 Å². The lowest BCUT2D eigenvalue weighted by molar-refractivity contribution is 0.0211. The summed E-state index contributed by atoms with van der Waals surface area (Å²) in [6, 6.07) is 12.6. The Kier molecular flexibility index (Phi) is 4.70. The second-order valence-electron chi connectivity index (χ2n) is 6.79. The molecule has 0 saturated carbocycles. The lowest BCUT2D eigenvalue weighted by atomic mass is 9.99. The Bertz CT molecular complexity index is 896. The summed E-state index contributed by atoms with van der Waals surface area (Å²) < 4.78 is 6.16. The molecule has 0 aliphatic carbocycles. The van der Waals surface area contributed by atoms with Gasteiger partial charge in [0.15, 0.2) is 5.01 Å². The zero-order valence-corrected chi connectivity index (χ0v) is 16.0. The number of rotatable bonds is 3. The van der Waals surface area contributed by atoms with Crippen molar-refractivity contribution < 1.29 is 4.74 Å². The number of hydrogen-bond donors (Lipinski definition) is 0. The van der Waals surface area contributed by atoms with Crippen molar-refractivity contribution >= 4 is 16.5 Å². The van der Waals surface area contributed by atoms with Crippen molar-refractivity contribution in [3.05, 3.63) is 59.3 Å². The van der Waals surface area contributed by atoms with Gasteiger partial charge >= 0.3 is 0 Å². The Morgan fingerprint density at radius 3 is 2.85 bits per heavy atom. The number of benzene rings is 1. The third-order valence-electron chi connectivity index (χ3n) is 4.76. The van der Waals surface area contributed by atoms with Crippen molar-refractivity contribution in [1.82, 2.24) is 15.2 Å². The molecule has 1 saturated heterocycles. The first kappa shape index (κ1) is 17.1. The lowest BCUT2D eigenvalue weighted by Crippen LogP contribution is -2.45. The van der Waals surface area contributed by atoms with Crippen molar-refractivity contribution in [2.45, 2.75) is 32.9 Å². The zero-order valence-electron chi connectivity index (χ0n) is 15.2. The predicted octanol–water partition coefficient (Wildman–Crippen LogP) is 4.18. The van der Waals surface area contributed by atoms with E-state index in [0.29, 0.717) is 6.61 Å². The van der Waals surface area contributed by atoms with E-state index in [0.717, 1.165) is 22.4 Å². The van der Waals surface area contributed by atoms with Crippen molar-refractivity contribution in [3.8, 4) is 10.7 Å². The number of hydrogen-bond acceptors (Lipinski definition) is 6. The number of pyridine rings is 1. The summed E-state index contributed by atoms with van der Waals surface area (Å²) in [6.45, 7) is 7.89. The van der Waals surface area contributed by atoms with Gasteiger partial charge in [0.2, 0.25) is 5.13 Å². The molecule has 6 heteroatoms. The SMILES string of the molecule is Cc1ccc(C)c([C@H]2CN(c3nnc(-c4ccccn4)s3)[C@H](C)CO2)c1. The van der Waals surface area contributed by atoms with Gasteiger partial charge in [-0.1, -0.05) is 41.2 Å². The first-order valence-electron chi connectivity index (χ1n) is 8.82. The highest BCUT2D eigenvalue weighted by atomic mass is 32.1. The van der Waals surface area contributed by atoms with Crippen LogP contribution in [0.5, 0.6) is 0 Å². The molecule has 5 nitrogen and oxygen atoms in total. The minimum atomic E-state index is 0.0494. The lowest BCUT2D eigenvalue weighted by Gasteiger charge is -2.38. The molecule has 2 atom stereocenters. The van der Waals surface area contributed by atoms with E-state index >= 15 is 0 Å². The molecule has 0 spiro atoms. The highest BCUT2D eigenvalue weighted by Gasteiger charge is 2.30. The van der Waals surface area contributed by atoms with Crippen LogP contribution in [0.4, 0.5) is 5.13 Å². The molecular weight excluding hydrogens is 344 g/mol. The van der Waals surface area contributed by atoms with Gasteiger partial charge in [-0.15, -0.1) is 10.2 Å². The molecule has 3 aromatic rings. The summed E-state index contributed by atoms with van der Waals surface area (Å²) in [7, 11) is 0. The van der Waals surface area contributed by atoms with Crippen LogP contribution in [0.25, 0.3) is 10.7 Å². The van der Waals surface area contributed by atoms with Gasteiger partial charge in [-0.05, 0) is 44.0 Å². The van der Waals surface area contributed by atoms with Crippen LogP contribution in [0.1, 0.15) is 29.7 Å². The minimum Gasteiger partial charge on any atom is -0.370 e. The fraction of sp³-hybridized carbons (Fsp3) is 0.350. The molecule has 0 N–H and O–H groups in total. The molecule has 1 fully saturated rings. The maximum absolute atomic E-state index is 6.16. The third-order valence-corrected chi connectivity index (χ3v) is 5.74. The van der Waals surface area contributed by atoms with Gasteiger partial charge < -0.3 is 9.64 Å². The second kappa shape index (κ2) is 7.13. The van der Waals surface area contributed by atoms with Crippen molar-refractivity contribution in [3.63, 3.8) is 0 Å². The standard InChI is InChI=1S/C20H22N4OS/c1-13-7-8-14(2)16(10-13)18-11-24(15(3)12-25-18)20-23-22-19(26-20)17-6-4-5-9-21-17/h4-10,15,18H,11-12H2,1-3H3/t15-,18-/m1/s1. The Morgan fingerprint density at radius 1 is 1.15 bits per heavy atom. The van der Waals surface area contributed by atoms with Crippen LogP contribution < -0.4 is 4.90 Å². The smallest absolute Gasteiger partial charge is 0.209 e. The fourth-order valence-electron chi connectivity index (χ4n) is 3.24. The number of anilines is 1. The molecule has 2 aromatic heterocycles. The summed E-state index contributed by atoms with van der Waals surface area (Å²) in [5.41, 5.74) is 4.65. The Hall–Kier alpha value is -2.31. The molecule has 0 bridgehead atoms. The van der Waals surface area contributed by atoms with E-state index in [1.54, 1.807) is 17.5 Å². The normalized spacial score (nSPS) is 20.3. The van der Waals surface area contributed by atoms with Gasteiger partial charge in [-0.2, -0.15) is 0 Å². The van der Waals surface area contributed by atoms with E-state index in [9.17, 15) is 0 Å². The van der Waals surface area contributed by atoms with Gasteiger partial charge in [0.25, 0.3) is 0 Å². The summed E-state index contributed by atoms with van der Waals surface area (Å²) in [4.78, 5) is 6.68. The maximum atomic E-state index is 6.16. The third kappa shape index (κ3) is 3.34. The van der Waals surface area contributed by atoms with Gasteiger partial charge in [-0.3, -0.25) is 4.98 Å². The number of aromatic nitrogens is 3. The Balaban J connectivity index is 1.60. The topological polar surface area (TPSA) is 51.1 Å². The fourth-order valence-corrected chi connectivity index (χ4v) is 4.18. The van der Waals surface area contributed by atoms with Gasteiger partial charge in [0.1, 0.15) is 11.8 Å². The van der Waals surface area contributed by atoms with Crippen LogP contribution in [0.3, 0.4) is 0 Å². The van der Waals surface area contributed by atoms with E-state index in [1.807, 2.05) is 18.2 Å². The largest absolute Gasteiger partial charge is 0.370 e. The van der Waals surface area contributed by atoms with Crippen LogP contribution in [0.15, 0.2) is 42.6 Å². The van der Waals surface area contributed by atoms with E-state index in [2.05, 4.69) is 59.1 Å². The zero-order chi connectivity index (χ0) is 18.1. The van der Waals surface area contributed by atoms with Gasteiger partial charge in [0.05, 0.1) is 19.2 Å². The Labute approximate surface area is 157 Å². The van der Waals surface area contributed by atoms with Crippen LogP contribution in [-0.2, 0) is 4.74 Å². The summed E-state index contributed by atoms with van der Waals surface area (Å²) in [5.74, 6) is 0. The molecule has 3 heterocycles. The highest BCUT2D eigenvalue weighted by molar-refractivity contribution is 7.18. The van der Waals surface area contributed by atoms with Crippen LogP contribution in [0, 0.1) is 13.8 Å². The number of aryl methyl sites for hydroxylation is 2. The van der Waals surface area contributed by atoms with Crippen molar-refractivity contribution in [1.29, 1.82) is 0 Å². The van der Waals surface area contributed by atoms with E-state index in [-0.39, 0.29) is 12.1 Å². The first-order valence-corrected chi connectivity index (χ1v) is 9.64. The predicted molar refractivity (Wildman–Crippen MR) is 105 cm³/mol.